The molecule has 9 nitrogen and oxygen atoms in total. The van der Waals surface area contributed by atoms with Crippen LogP contribution in [0.4, 0.5) is 10.7 Å². The van der Waals surface area contributed by atoms with Crippen LogP contribution in [0.25, 0.3) is 0 Å². The molecule has 0 spiro atoms. The number of nitrogens with one attached hydrogen (secondary N) is 1. The Morgan fingerprint density at radius 3 is 2.48 bits per heavy atom. The Morgan fingerprint density at radius 2 is 1.93 bits per heavy atom. The molecule has 0 bridgehead atoms. The van der Waals surface area contributed by atoms with Gasteiger partial charge in [-0.05, 0) is 40.5 Å². The summed E-state index contributed by atoms with van der Waals surface area (Å²) in [4.78, 5) is 39.7. The van der Waals surface area contributed by atoms with Crippen LogP contribution in [0.1, 0.15) is 50.9 Å². The van der Waals surface area contributed by atoms with Crippen molar-refractivity contribution in [2.45, 2.75) is 51.7 Å². The summed E-state index contributed by atoms with van der Waals surface area (Å²) >= 11 is 0. The summed E-state index contributed by atoms with van der Waals surface area (Å²) in [7, 11) is 2.94. The molecule has 1 aliphatic rings. The molecule has 2 rings (SSSR count). The number of hydrogen-bond donors (Lipinski definition) is 1. The first-order chi connectivity index (χ1) is 12.5. The zero-order chi connectivity index (χ0) is 20.2. The number of amides is 2. The minimum atomic E-state index is -0.546. The van der Waals surface area contributed by atoms with E-state index in [4.69, 9.17) is 9.57 Å². The second-order valence-corrected chi connectivity index (χ2v) is 7.97. The molecule has 0 saturated carbocycles. The van der Waals surface area contributed by atoms with E-state index in [-0.39, 0.29) is 5.91 Å². The number of alkyl carbamates (subject to hydrolysis) is 1. The molecule has 9 heteroatoms. The quantitative estimate of drug-likeness (QED) is 0.799. The maximum Gasteiger partial charge on any atom is 0.408 e. The third-order valence-electron chi connectivity index (χ3n) is 4.23. The fraction of sp³-hybridized carbons (Fsp3) is 0.667. The number of carbonyl (C=O) groups is 2. The highest BCUT2D eigenvalue weighted by Gasteiger charge is 2.35. The van der Waals surface area contributed by atoms with Gasteiger partial charge in [0.1, 0.15) is 5.60 Å². The molecular weight excluding hydrogens is 350 g/mol. The van der Waals surface area contributed by atoms with Crippen LogP contribution >= 0.6 is 0 Å². The highest BCUT2D eigenvalue weighted by molar-refractivity contribution is 5.92. The summed E-state index contributed by atoms with van der Waals surface area (Å²) < 4.78 is 5.37. The van der Waals surface area contributed by atoms with Crippen LogP contribution in [0.5, 0.6) is 0 Å². The van der Waals surface area contributed by atoms with Crippen LogP contribution in [-0.4, -0.2) is 65.4 Å². The molecule has 2 heterocycles. The van der Waals surface area contributed by atoms with Crippen molar-refractivity contribution >= 4 is 17.9 Å². The van der Waals surface area contributed by atoms with E-state index in [1.807, 2.05) is 32.6 Å². The fourth-order valence-corrected chi connectivity index (χ4v) is 2.92. The van der Waals surface area contributed by atoms with Gasteiger partial charge in [0.2, 0.25) is 5.95 Å². The number of ether oxygens (including phenoxy) is 1. The van der Waals surface area contributed by atoms with Gasteiger partial charge in [0.15, 0.2) is 0 Å². The van der Waals surface area contributed by atoms with E-state index < -0.39 is 17.2 Å². The van der Waals surface area contributed by atoms with E-state index in [2.05, 4.69) is 15.3 Å². The number of carbonyl (C=O) groups excluding carboxylic acids is 2. The van der Waals surface area contributed by atoms with E-state index in [0.717, 1.165) is 24.4 Å². The summed E-state index contributed by atoms with van der Waals surface area (Å²) in [6.07, 6.45) is 4.23. The van der Waals surface area contributed by atoms with Crippen molar-refractivity contribution in [2.24, 2.45) is 0 Å². The van der Waals surface area contributed by atoms with Crippen LogP contribution < -0.4 is 10.2 Å². The smallest absolute Gasteiger partial charge is 0.408 e. The molecule has 0 aliphatic carbocycles. The second kappa shape index (κ2) is 8.08. The highest BCUT2D eigenvalue weighted by atomic mass is 16.7. The Bertz CT molecular complexity index is 673. The van der Waals surface area contributed by atoms with Crippen LogP contribution in [0.15, 0.2) is 12.4 Å². The average molecular weight is 379 g/mol. The van der Waals surface area contributed by atoms with E-state index in [1.165, 1.54) is 26.6 Å². The molecule has 0 aromatic carbocycles. The molecule has 1 N–H and O–H groups in total. The van der Waals surface area contributed by atoms with Gasteiger partial charge in [-0.15, -0.1) is 0 Å². The minimum absolute atomic E-state index is 0.320. The standard InChI is InChI=1S/C18H29N5O4/c1-17(2,3)27-16(25)21-18(4)8-7-9-23(12-18)15-19-10-13(11-20-15)14(24)22(5)26-6/h10-11H,7-9,12H2,1-6H3,(H,21,25)/t18-/m1/s1. The lowest BCUT2D eigenvalue weighted by molar-refractivity contribution is -0.0757. The summed E-state index contributed by atoms with van der Waals surface area (Å²) in [5, 5.41) is 4.08. The monoisotopic (exact) mass is 379 g/mol. The number of rotatable bonds is 4. The van der Waals surface area contributed by atoms with E-state index in [1.54, 1.807) is 0 Å². The molecule has 2 amide bonds. The van der Waals surface area contributed by atoms with Crippen molar-refractivity contribution < 1.29 is 19.2 Å². The van der Waals surface area contributed by atoms with Gasteiger partial charge in [0.25, 0.3) is 5.91 Å². The van der Waals surface area contributed by atoms with Gasteiger partial charge in [-0.1, -0.05) is 0 Å². The van der Waals surface area contributed by atoms with Crippen LogP contribution in [0.3, 0.4) is 0 Å². The van der Waals surface area contributed by atoms with Crippen LogP contribution in [-0.2, 0) is 9.57 Å². The summed E-state index contributed by atoms with van der Waals surface area (Å²) in [6, 6.07) is 0. The van der Waals surface area contributed by atoms with Crippen LogP contribution in [0, 0.1) is 0 Å². The van der Waals surface area contributed by atoms with Gasteiger partial charge in [0.05, 0.1) is 18.2 Å². The highest BCUT2D eigenvalue weighted by Crippen LogP contribution is 2.24. The number of hydrogen-bond acceptors (Lipinski definition) is 7. The SMILES string of the molecule is CON(C)C(=O)c1cnc(N2CCC[C@@](C)(NC(=O)OC(C)(C)C)C2)nc1. The summed E-state index contributed by atoms with van der Waals surface area (Å²) in [5.74, 6) is 0.197. The van der Waals surface area contributed by atoms with Crippen molar-refractivity contribution in [2.75, 3.05) is 32.1 Å². The molecule has 0 radical (unpaired) electrons. The van der Waals surface area contributed by atoms with Gasteiger partial charge >= 0.3 is 6.09 Å². The first-order valence-corrected chi connectivity index (χ1v) is 8.93. The molecule has 1 saturated heterocycles. The lowest BCUT2D eigenvalue weighted by Gasteiger charge is -2.41. The van der Waals surface area contributed by atoms with Crippen LogP contribution in [0.2, 0.25) is 0 Å². The largest absolute Gasteiger partial charge is 0.444 e. The summed E-state index contributed by atoms with van der Waals surface area (Å²) in [6.45, 7) is 8.81. The third kappa shape index (κ3) is 5.78. The molecule has 1 fully saturated rings. The number of aromatic nitrogens is 2. The van der Waals surface area contributed by atoms with E-state index >= 15 is 0 Å². The molecule has 27 heavy (non-hydrogen) atoms. The maximum absolute atomic E-state index is 12.2. The van der Waals surface area contributed by atoms with Gasteiger partial charge < -0.3 is 15.0 Å². The Balaban J connectivity index is 2.05. The van der Waals surface area contributed by atoms with Gasteiger partial charge in [-0.25, -0.2) is 19.8 Å². The van der Waals surface area contributed by atoms with Gasteiger partial charge in [-0.2, -0.15) is 0 Å². The molecule has 1 aromatic rings. The Morgan fingerprint density at radius 1 is 1.30 bits per heavy atom. The first kappa shape index (κ1) is 20.9. The lowest BCUT2D eigenvalue weighted by Crippen LogP contribution is -2.57. The zero-order valence-electron chi connectivity index (χ0n) is 16.9. The molecule has 1 aliphatic heterocycles. The van der Waals surface area contributed by atoms with Crippen molar-refractivity contribution in [3.63, 3.8) is 0 Å². The molecule has 150 valence electrons. The zero-order valence-corrected chi connectivity index (χ0v) is 16.9. The van der Waals surface area contributed by atoms with Gasteiger partial charge in [-0.3, -0.25) is 9.63 Å². The first-order valence-electron chi connectivity index (χ1n) is 8.93. The normalized spacial score (nSPS) is 20.1. The van der Waals surface area contributed by atoms with Crippen molar-refractivity contribution in [3.8, 4) is 0 Å². The number of hydroxylamine groups is 2. The topological polar surface area (TPSA) is 96.9 Å². The predicted octanol–water partition coefficient (Wildman–Crippen LogP) is 1.99. The minimum Gasteiger partial charge on any atom is -0.444 e. The van der Waals surface area contributed by atoms with E-state index in [9.17, 15) is 9.59 Å². The lowest BCUT2D eigenvalue weighted by atomic mass is 9.91. The molecule has 1 atom stereocenters. The molecular formula is C18H29N5O4. The number of anilines is 1. The maximum atomic E-state index is 12.2. The summed E-state index contributed by atoms with van der Waals surface area (Å²) in [5.41, 5.74) is -0.653. The predicted molar refractivity (Wildman–Crippen MR) is 100 cm³/mol. The van der Waals surface area contributed by atoms with Crippen molar-refractivity contribution in [1.82, 2.24) is 20.3 Å². The Labute approximate surface area is 160 Å². The number of piperidine rings is 1. The second-order valence-electron chi connectivity index (χ2n) is 7.97. The van der Waals surface area contributed by atoms with E-state index in [0.29, 0.717) is 18.1 Å². The van der Waals surface area contributed by atoms with Crippen molar-refractivity contribution in [1.29, 1.82) is 0 Å². The fourth-order valence-electron chi connectivity index (χ4n) is 2.92. The Hall–Kier alpha value is -2.42. The van der Waals surface area contributed by atoms with Gasteiger partial charge in [0, 0.05) is 32.5 Å². The molecule has 1 aromatic heterocycles. The van der Waals surface area contributed by atoms with Crippen molar-refractivity contribution in [3.05, 3.63) is 18.0 Å². The number of nitrogens with zero attached hydrogens (tertiary/aromatic N) is 4. The Kier molecular flexibility index (Phi) is 6.25. The third-order valence-corrected chi connectivity index (χ3v) is 4.23. The molecule has 0 unspecified atom stereocenters. The average Bonchev–Trinajstić information content (AvgIpc) is 2.58.